The van der Waals surface area contributed by atoms with Gasteiger partial charge in [-0.2, -0.15) is 0 Å². The smallest absolute Gasteiger partial charge is 0.239 e. The molecule has 0 aromatic carbocycles. The second kappa shape index (κ2) is 7.27. The van der Waals surface area contributed by atoms with Crippen molar-refractivity contribution in [1.29, 1.82) is 0 Å². The van der Waals surface area contributed by atoms with Crippen molar-refractivity contribution in [2.45, 2.75) is 45.1 Å². The first kappa shape index (κ1) is 14.0. The summed E-state index contributed by atoms with van der Waals surface area (Å²) in [6.07, 6.45) is 3.37. The Balaban J connectivity index is 2.17. The molecule has 0 aliphatic carbocycles. The zero-order valence-electron chi connectivity index (χ0n) is 10.4. The summed E-state index contributed by atoms with van der Waals surface area (Å²) < 4.78 is 0. The molecule has 0 bridgehead atoms. The van der Waals surface area contributed by atoms with Gasteiger partial charge in [0.25, 0.3) is 0 Å². The number of piperidine rings is 1. The number of nitrogens with zero attached hydrogens (tertiary/aromatic N) is 1. The molecule has 0 aromatic rings. The molecule has 1 aliphatic rings. The van der Waals surface area contributed by atoms with Crippen LogP contribution in [0.3, 0.4) is 0 Å². The summed E-state index contributed by atoms with van der Waals surface area (Å²) >= 11 is 0. The SMILES string of the molecule is CCC(O)CCNC(=O)CN1CCCCC1=O. The van der Waals surface area contributed by atoms with E-state index in [0.29, 0.717) is 32.4 Å². The van der Waals surface area contributed by atoms with Gasteiger partial charge < -0.3 is 15.3 Å². The minimum Gasteiger partial charge on any atom is -0.393 e. The van der Waals surface area contributed by atoms with Crippen LogP contribution in [0.25, 0.3) is 0 Å². The molecule has 0 aromatic heterocycles. The molecular formula is C12H22N2O3. The third-order valence-electron chi connectivity index (χ3n) is 3.03. The van der Waals surface area contributed by atoms with Crippen molar-refractivity contribution in [3.05, 3.63) is 0 Å². The minimum atomic E-state index is -0.355. The molecular weight excluding hydrogens is 220 g/mol. The molecule has 0 saturated carbocycles. The molecule has 1 unspecified atom stereocenters. The van der Waals surface area contributed by atoms with Gasteiger partial charge in [0.05, 0.1) is 12.6 Å². The maximum absolute atomic E-state index is 11.5. The van der Waals surface area contributed by atoms with Crippen LogP contribution in [-0.2, 0) is 9.59 Å². The predicted octanol–water partition coefficient (Wildman–Crippen LogP) is 0.276. The lowest BCUT2D eigenvalue weighted by molar-refractivity contribution is -0.137. The van der Waals surface area contributed by atoms with Gasteiger partial charge in [-0.1, -0.05) is 6.92 Å². The van der Waals surface area contributed by atoms with Gasteiger partial charge >= 0.3 is 0 Å². The monoisotopic (exact) mass is 242 g/mol. The van der Waals surface area contributed by atoms with Crippen LogP contribution in [0.4, 0.5) is 0 Å². The molecule has 1 saturated heterocycles. The van der Waals surface area contributed by atoms with Crippen molar-refractivity contribution in [2.24, 2.45) is 0 Å². The summed E-state index contributed by atoms with van der Waals surface area (Å²) in [7, 11) is 0. The van der Waals surface area contributed by atoms with E-state index in [9.17, 15) is 14.7 Å². The molecule has 1 rings (SSSR count). The zero-order valence-corrected chi connectivity index (χ0v) is 10.4. The summed E-state index contributed by atoms with van der Waals surface area (Å²) in [6.45, 7) is 3.21. The van der Waals surface area contributed by atoms with Gasteiger partial charge in [0.1, 0.15) is 0 Å². The number of carbonyl (C=O) groups is 2. The maximum Gasteiger partial charge on any atom is 0.239 e. The van der Waals surface area contributed by atoms with Crippen molar-refractivity contribution in [2.75, 3.05) is 19.6 Å². The average molecular weight is 242 g/mol. The topological polar surface area (TPSA) is 69.6 Å². The van der Waals surface area contributed by atoms with Gasteiger partial charge in [-0.25, -0.2) is 0 Å². The van der Waals surface area contributed by atoms with E-state index in [1.807, 2.05) is 6.92 Å². The van der Waals surface area contributed by atoms with Crippen LogP contribution in [0.15, 0.2) is 0 Å². The fourth-order valence-electron chi connectivity index (χ4n) is 1.84. The van der Waals surface area contributed by atoms with Crippen molar-refractivity contribution in [1.82, 2.24) is 10.2 Å². The molecule has 5 heteroatoms. The quantitative estimate of drug-likeness (QED) is 0.702. The zero-order chi connectivity index (χ0) is 12.7. The third-order valence-corrected chi connectivity index (χ3v) is 3.03. The maximum atomic E-state index is 11.5. The molecule has 1 heterocycles. The van der Waals surface area contributed by atoms with Crippen molar-refractivity contribution in [3.63, 3.8) is 0 Å². The summed E-state index contributed by atoms with van der Waals surface area (Å²) in [5, 5.41) is 12.0. The highest BCUT2D eigenvalue weighted by atomic mass is 16.3. The van der Waals surface area contributed by atoms with Crippen LogP contribution in [0.1, 0.15) is 39.0 Å². The van der Waals surface area contributed by atoms with Crippen molar-refractivity contribution in [3.8, 4) is 0 Å². The highest BCUT2D eigenvalue weighted by molar-refractivity contribution is 5.85. The molecule has 1 aliphatic heterocycles. The molecule has 0 spiro atoms. The second-order valence-corrected chi connectivity index (χ2v) is 4.47. The van der Waals surface area contributed by atoms with Crippen LogP contribution in [0.5, 0.6) is 0 Å². The number of rotatable bonds is 6. The number of amides is 2. The number of nitrogens with one attached hydrogen (secondary N) is 1. The first-order valence-corrected chi connectivity index (χ1v) is 6.36. The molecule has 98 valence electrons. The van der Waals surface area contributed by atoms with Crippen LogP contribution in [0, 0.1) is 0 Å². The molecule has 0 radical (unpaired) electrons. The first-order valence-electron chi connectivity index (χ1n) is 6.36. The Hall–Kier alpha value is -1.10. The standard InChI is InChI=1S/C12H22N2O3/c1-2-10(15)6-7-13-11(16)9-14-8-4-3-5-12(14)17/h10,15H,2-9H2,1H3,(H,13,16). The lowest BCUT2D eigenvalue weighted by Gasteiger charge is -2.26. The molecule has 5 nitrogen and oxygen atoms in total. The van der Waals surface area contributed by atoms with Crippen LogP contribution < -0.4 is 5.32 Å². The van der Waals surface area contributed by atoms with E-state index in [4.69, 9.17) is 0 Å². The Morgan fingerprint density at radius 3 is 2.94 bits per heavy atom. The minimum absolute atomic E-state index is 0.0694. The van der Waals surface area contributed by atoms with Gasteiger partial charge in [0, 0.05) is 19.5 Å². The number of hydrogen-bond acceptors (Lipinski definition) is 3. The predicted molar refractivity (Wildman–Crippen MR) is 64.4 cm³/mol. The average Bonchev–Trinajstić information content (AvgIpc) is 2.32. The van der Waals surface area contributed by atoms with Crippen molar-refractivity contribution < 1.29 is 14.7 Å². The first-order chi connectivity index (χ1) is 8.13. The summed E-state index contributed by atoms with van der Waals surface area (Å²) in [6, 6.07) is 0. The number of aliphatic hydroxyl groups is 1. The Bertz CT molecular complexity index is 268. The number of likely N-dealkylation sites (tertiary alicyclic amines) is 1. The lowest BCUT2D eigenvalue weighted by atomic mass is 10.1. The number of carbonyl (C=O) groups excluding carboxylic acids is 2. The van der Waals surface area contributed by atoms with Gasteiger partial charge in [0.2, 0.25) is 11.8 Å². The summed E-state index contributed by atoms with van der Waals surface area (Å²) in [5.41, 5.74) is 0. The lowest BCUT2D eigenvalue weighted by Crippen LogP contribution is -2.43. The number of hydrogen-bond donors (Lipinski definition) is 2. The molecule has 17 heavy (non-hydrogen) atoms. The van der Waals surface area contributed by atoms with Gasteiger partial charge in [-0.15, -0.1) is 0 Å². The van der Waals surface area contributed by atoms with Crippen molar-refractivity contribution >= 4 is 11.8 Å². The number of aliphatic hydroxyl groups excluding tert-OH is 1. The Morgan fingerprint density at radius 1 is 1.53 bits per heavy atom. The summed E-state index contributed by atoms with van der Waals surface area (Å²) in [4.78, 5) is 24.6. The summed E-state index contributed by atoms with van der Waals surface area (Å²) in [5.74, 6) is -0.0662. The van der Waals surface area contributed by atoms with Gasteiger partial charge in [0.15, 0.2) is 0 Å². The highest BCUT2D eigenvalue weighted by Crippen LogP contribution is 2.09. The van der Waals surface area contributed by atoms with Gasteiger partial charge in [-0.05, 0) is 25.7 Å². The van der Waals surface area contributed by atoms with E-state index in [1.54, 1.807) is 4.90 Å². The Kier molecular flexibility index (Phi) is 5.97. The Labute approximate surface area is 102 Å². The van der Waals surface area contributed by atoms with E-state index in [-0.39, 0.29) is 24.5 Å². The molecule has 2 amide bonds. The normalized spacial score (nSPS) is 18.0. The van der Waals surface area contributed by atoms with Crippen LogP contribution in [-0.4, -0.2) is 47.6 Å². The van der Waals surface area contributed by atoms with E-state index in [0.717, 1.165) is 12.8 Å². The Morgan fingerprint density at radius 2 is 2.29 bits per heavy atom. The molecule has 1 atom stereocenters. The molecule has 2 N–H and O–H groups in total. The largest absolute Gasteiger partial charge is 0.393 e. The fourth-order valence-corrected chi connectivity index (χ4v) is 1.84. The second-order valence-electron chi connectivity index (χ2n) is 4.47. The fraction of sp³-hybridized carbons (Fsp3) is 0.833. The molecule has 1 fully saturated rings. The van der Waals surface area contributed by atoms with Gasteiger partial charge in [-0.3, -0.25) is 9.59 Å². The van der Waals surface area contributed by atoms with Crippen LogP contribution >= 0.6 is 0 Å². The van der Waals surface area contributed by atoms with E-state index in [1.165, 1.54) is 0 Å². The van der Waals surface area contributed by atoms with E-state index < -0.39 is 0 Å². The van der Waals surface area contributed by atoms with E-state index in [2.05, 4.69) is 5.32 Å². The van der Waals surface area contributed by atoms with Crippen LogP contribution in [0.2, 0.25) is 0 Å². The third kappa shape index (κ3) is 5.17. The van der Waals surface area contributed by atoms with E-state index >= 15 is 0 Å². The highest BCUT2D eigenvalue weighted by Gasteiger charge is 2.20.